The van der Waals surface area contributed by atoms with Crippen LogP contribution in [0.1, 0.15) is 24.5 Å². The molecule has 0 unspecified atom stereocenters. The van der Waals surface area contributed by atoms with E-state index in [1.165, 1.54) is 0 Å². The number of nitrogens with one attached hydrogen (secondary N) is 1. The van der Waals surface area contributed by atoms with Crippen molar-refractivity contribution in [2.24, 2.45) is 0 Å². The lowest BCUT2D eigenvalue weighted by atomic mass is 9.93. The SMILES string of the molecule is O=C(CN1CCC(c2ccccn2)CC1)Nc1cccc(Cl)c1Cl. The molecule has 0 radical (unpaired) electrons. The minimum atomic E-state index is -0.0737. The van der Waals surface area contributed by atoms with Crippen LogP contribution in [-0.4, -0.2) is 35.4 Å². The van der Waals surface area contributed by atoms with Crippen molar-refractivity contribution >= 4 is 34.8 Å². The molecule has 24 heavy (non-hydrogen) atoms. The van der Waals surface area contributed by atoms with Crippen LogP contribution < -0.4 is 5.32 Å². The van der Waals surface area contributed by atoms with Crippen molar-refractivity contribution in [1.82, 2.24) is 9.88 Å². The molecule has 2 aromatic rings. The summed E-state index contributed by atoms with van der Waals surface area (Å²) in [6.45, 7) is 2.13. The predicted octanol–water partition coefficient (Wildman–Crippen LogP) is 4.21. The van der Waals surface area contributed by atoms with Crippen LogP contribution in [0.5, 0.6) is 0 Å². The van der Waals surface area contributed by atoms with Crippen molar-refractivity contribution in [3.63, 3.8) is 0 Å². The van der Waals surface area contributed by atoms with Gasteiger partial charge in [0.25, 0.3) is 0 Å². The number of hydrogen-bond donors (Lipinski definition) is 1. The number of rotatable bonds is 4. The maximum Gasteiger partial charge on any atom is 0.238 e. The minimum absolute atomic E-state index is 0.0737. The van der Waals surface area contributed by atoms with Gasteiger partial charge in [-0.05, 0) is 50.2 Å². The second kappa shape index (κ2) is 7.97. The third-order valence-electron chi connectivity index (χ3n) is 4.29. The molecule has 126 valence electrons. The molecule has 2 heterocycles. The number of piperidine rings is 1. The third-order valence-corrected chi connectivity index (χ3v) is 5.11. The number of anilines is 1. The van der Waals surface area contributed by atoms with E-state index in [1.54, 1.807) is 18.2 Å². The Morgan fingerprint density at radius 2 is 1.96 bits per heavy atom. The molecule has 1 N–H and O–H groups in total. The second-order valence-electron chi connectivity index (χ2n) is 5.95. The summed E-state index contributed by atoms with van der Waals surface area (Å²) < 4.78 is 0. The van der Waals surface area contributed by atoms with Crippen LogP contribution in [0.25, 0.3) is 0 Å². The molecule has 1 saturated heterocycles. The summed E-state index contributed by atoms with van der Waals surface area (Å²) in [5.74, 6) is 0.406. The number of amides is 1. The van der Waals surface area contributed by atoms with E-state index in [-0.39, 0.29) is 5.91 Å². The van der Waals surface area contributed by atoms with Crippen LogP contribution in [0.4, 0.5) is 5.69 Å². The van der Waals surface area contributed by atoms with Gasteiger partial charge in [-0.3, -0.25) is 14.7 Å². The van der Waals surface area contributed by atoms with E-state index >= 15 is 0 Å². The lowest BCUT2D eigenvalue weighted by Crippen LogP contribution is -2.38. The first-order valence-electron chi connectivity index (χ1n) is 8.00. The maximum absolute atomic E-state index is 12.2. The van der Waals surface area contributed by atoms with E-state index in [9.17, 15) is 4.79 Å². The van der Waals surface area contributed by atoms with E-state index in [2.05, 4.69) is 21.3 Å². The predicted molar refractivity (Wildman–Crippen MR) is 97.7 cm³/mol. The largest absolute Gasteiger partial charge is 0.324 e. The van der Waals surface area contributed by atoms with Crippen LogP contribution in [0, 0.1) is 0 Å². The minimum Gasteiger partial charge on any atom is -0.324 e. The van der Waals surface area contributed by atoms with Crippen LogP contribution in [0.3, 0.4) is 0 Å². The van der Waals surface area contributed by atoms with Gasteiger partial charge in [-0.15, -0.1) is 0 Å². The molecule has 0 saturated carbocycles. The van der Waals surface area contributed by atoms with Gasteiger partial charge in [0.2, 0.25) is 5.91 Å². The van der Waals surface area contributed by atoms with Gasteiger partial charge in [-0.1, -0.05) is 35.3 Å². The smallest absolute Gasteiger partial charge is 0.238 e. The number of carbonyl (C=O) groups is 1. The number of likely N-dealkylation sites (tertiary alicyclic amines) is 1. The molecule has 1 amide bonds. The Morgan fingerprint density at radius 1 is 1.17 bits per heavy atom. The second-order valence-corrected chi connectivity index (χ2v) is 6.74. The van der Waals surface area contributed by atoms with Gasteiger partial charge in [0, 0.05) is 17.8 Å². The van der Waals surface area contributed by atoms with Crippen molar-refractivity contribution < 1.29 is 4.79 Å². The van der Waals surface area contributed by atoms with Crippen LogP contribution in [0.2, 0.25) is 10.0 Å². The molecule has 0 bridgehead atoms. The molecule has 4 nitrogen and oxygen atoms in total. The molecular formula is C18H19Cl2N3O. The van der Waals surface area contributed by atoms with Crippen molar-refractivity contribution in [2.45, 2.75) is 18.8 Å². The number of nitrogens with zero attached hydrogens (tertiary/aromatic N) is 2. The van der Waals surface area contributed by atoms with E-state index in [0.29, 0.717) is 28.2 Å². The number of halogens is 2. The first-order valence-corrected chi connectivity index (χ1v) is 8.76. The Balaban J connectivity index is 1.51. The first-order chi connectivity index (χ1) is 11.6. The van der Waals surface area contributed by atoms with Crippen LogP contribution in [-0.2, 0) is 4.79 Å². The summed E-state index contributed by atoms with van der Waals surface area (Å²) >= 11 is 12.1. The van der Waals surface area contributed by atoms with E-state index in [1.807, 2.05) is 18.3 Å². The summed E-state index contributed by atoms with van der Waals surface area (Å²) in [4.78, 5) is 18.8. The number of carbonyl (C=O) groups excluding carboxylic acids is 1. The van der Waals surface area contributed by atoms with E-state index in [4.69, 9.17) is 23.2 Å². The normalized spacial score (nSPS) is 16.1. The number of hydrogen-bond acceptors (Lipinski definition) is 3. The lowest BCUT2D eigenvalue weighted by Gasteiger charge is -2.31. The van der Waals surface area contributed by atoms with Crippen LogP contribution >= 0.6 is 23.2 Å². The summed E-state index contributed by atoms with van der Waals surface area (Å²) in [6, 6.07) is 11.2. The van der Waals surface area contributed by atoms with Crippen molar-refractivity contribution in [3.8, 4) is 0 Å². The zero-order valence-electron chi connectivity index (χ0n) is 13.2. The highest BCUT2D eigenvalue weighted by molar-refractivity contribution is 6.43. The number of aromatic nitrogens is 1. The zero-order chi connectivity index (χ0) is 16.9. The van der Waals surface area contributed by atoms with Crippen LogP contribution in [0.15, 0.2) is 42.6 Å². The van der Waals surface area contributed by atoms with Gasteiger partial charge >= 0.3 is 0 Å². The number of pyridine rings is 1. The summed E-state index contributed by atoms with van der Waals surface area (Å²) in [6.07, 6.45) is 3.87. The van der Waals surface area contributed by atoms with Crippen molar-refractivity contribution in [3.05, 3.63) is 58.3 Å². The average Bonchev–Trinajstić information content (AvgIpc) is 2.60. The zero-order valence-corrected chi connectivity index (χ0v) is 14.7. The Morgan fingerprint density at radius 3 is 2.67 bits per heavy atom. The molecule has 1 aromatic heterocycles. The molecule has 1 aromatic carbocycles. The Kier molecular flexibility index (Phi) is 5.72. The molecule has 0 aliphatic carbocycles. The number of benzene rings is 1. The molecule has 0 atom stereocenters. The summed E-state index contributed by atoms with van der Waals surface area (Å²) in [7, 11) is 0. The Hall–Kier alpha value is -1.62. The van der Waals surface area contributed by atoms with Gasteiger partial charge in [0.1, 0.15) is 0 Å². The quantitative estimate of drug-likeness (QED) is 0.884. The van der Waals surface area contributed by atoms with E-state index < -0.39 is 0 Å². The first kappa shape index (κ1) is 17.2. The molecule has 1 aliphatic rings. The van der Waals surface area contributed by atoms with Crippen molar-refractivity contribution in [1.29, 1.82) is 0 Å². The molecule has 3 rings (SSSR count). The Bertz CT molecular complexity index is 701. The fraction of sp³-hybridized carbons (Fsp3) is 0.333. The maximum atomic E-state index is 12.2. The van der Waals surface area contributed by atoms with Gasteiger partial charge in [-0.2, -0.15) is 0 Å². The molecule has 6 heteroatoms. The summed E-state index contributed by atoms with van der Waals surface area (Å²) in [5, 5.41) is 3.64. The molecule has 1 fully saturated rings. The fourth-order valence-electron chi connectivity index (χ4n) is 3.00. The van der Waals surface area contributed by atoms with Gasteiger partial charge in [0.15, 0.2) is 0 Å². The topological polar surface area (TPSA) is 45.2 Å². The van der Waals surface area contributed by atoms with Gasteiger partial charge < -0.3 is 5.32 Å². The highest BCUT2D eigenvalue weighted by atomic mass is 35.5. The average molecular weight is 364 g/mol. The standard InChI is InChI=1S/C18H19Cl2N3O/c19-14-4-3-6-16(18(14)20)22-17(24)12-23-10-7-13(8-11-23)15-5-1-2-9-21-15/h1-6,9,13H,7-8,10-12H2,(H,22,24). The molecule has 1 aliphatic heterocycles. The third kappa shape index (κ3) is 4.26. The summed E-state index contributed by atoms with van der Waals surface area (Å²) in [5.41, 5.74) is 1.70. The molecular weight excluding hydrogens is 345 g/mol. The van der Waals surface area contributed by atoms with E-state index in [0.717, 1.165) is 31.6 Å². The van der Waals surface area contributed by atoms with Gasteiger partial charge in [0.05, 0.1) is 22.3 Å². The highest BCUT2D eigenvalue weighted by Crippen LogP contribution is 2.30. The monoisotopic (exact) mass is 363 g/mol. The Labute approximate surface area is 151 Å². The fourth-order valence-corrected chi connectivity index (χ4v) is 3.35. The van der Waals surface area contributed by atoms with Crippen molar-refractivity contribution in [2.75, 3.05) is 25.0 Å². The lowest BCUT2D eigenvalue weighted by molar-refractivity contribution is -0.117. The highest BCUT2D eigenvalue weighted by Gasteiger charge is 2.22. The molecule has 0 spiro atoms. The van der Waals surface area contributed by atoms with Gasteiger partial charge in [-0.25, -0.2) is 0 Å².